The molecule has 0 aliphatic heterocycles. The van der Waals surface area contributed by atoms with Crippen molar-refractivity contribution >= 4 is 0 Å². The topological polar surface area (TPSA) is 25.8 Å². The summed E-state index contributed by atoms with van der Waals surface area (Å²) in [6.45, 7) is 1.93. The molecule has 3 heteroatoms. The van der Waals surface area contributed by atoms with Gasteiger partial charge >= 0.3 is 0 Å². The van der Waals surface area contributed by atoms with Crippen molar-refractivity contribution in [2.75, 3.05) is 0 Å². The fourth-order valence-electron chi connectivity index (χ4n) is 0.357. The SMILES string of the molecule is Cc1ccncn1.[Pt]. The second-order valence-corrected chi connectivity index (χ2v) is 1.35. The van der Waals surface area contributed by atoms with Gasteiger partial charge in [-0.1, -0.05) is 0 Å². The number of hydrogen-bond donors (Lipinski definition) is 0. The molecule has 1 heterocycles. The van der Waals surface area contributed by atoms with Crippen LogP contribution in [0.15, 0.2) is 18.6 Å². The minimum Gasteiger partial charge on any atom is -0.245 e. The van der Waals surface area contributed by atoms with Crippen LogP contribution in [0.3, 0.4) is 0 Å². The summed E-state index contributed by atoms with van der Waals surface area (Å²) in [7, 11) is 0. The average Bonchev–Trinajstić information content (AvgIpc) is 1.69. The van der Waals surface area contributed by atoms with Crippen LogP contribution in [0.2, 0.25) is 0 Å². The first-order valence-corrected chi connectivity index (χ1v) is 2.12. The summed E-state index contributed by atoms with van der Waals surface area (Å²) >= 11 is 0. The maximum atomic E-state index is 3.87. The molecule has 0 unspecified atom stereocenters. The van der Waals surface area contributed by atoms with E-state index in [2.05, 4.69) is 9.97 Å². The van der Waals surface area contributed by atoms with E-state index >= 15 is 0 Å². The van der Waals surface area contributed by atoms with E-state index in [1.54, 1.807) is 6.20 Å². The largest absolute Gasteiger partial charge is 0.245 e. The zero-order valence-electron chi connectivity index (χ0n) is 4.44. The minimum atomic E-state index is 0. The molecule has 0 radical (unpaired) electrons. The van der Waals surface area contributed by atoms with Gasteiger partial charge in [-0.15, -0.1) is 0 Å². The Kier molecular flexibility index (Phi) is 3.62. The van der Waals surface area contributed by atoms with E-state index in [-0.39, 0.29) is 21.1 Å². The maximum Gasteiger partial charge on any atom is 0.115 e. The predicted molar refractivity (Wildman–Crippen MR) is 26.8 cm³/mol. The monoisotopic (exact) mass is 289 g/mol. The van der Waals surface area contributed by atoms with Crippen molar-refractivity contribution in [2.45, 2.75) is 6.92 Å². The standard InChI is InChI=1S/C5H6N2.Pt/c1-5-2-3-6-4-7-5;/h2-4H,1H3;. The number of hydrogen-bond acceptors (Lipinski definition) is 2. The second-order valence-electron chi connectivity index (χ2n) is 1.35. The molecule has 0 saturated carbocycles. The van der Waals surface area contributed by atoms with Crippen LogP contribution in [-0.4, -0.2) is 9.97 Å². The molecule has 0 aliphatic carbocycles. The molecule has 1 aromatic rings. The van der Waals surface area contributed by atoms with Gasteiger partial charge in [0.05, 0.1) is 0 Å². The Morgan fingerprint density at radius 3 is 2.50 bits per heavy atom. The van der Waals surface area contributed by atoms with E-state index in [9.17, 15) is 0 Å². The fourth-order valence-corrected chi connectivity index (χ4v) is 0.357. The normalized spacial score (nSPS) is 7.62. The van der Waals surface area contributed by atoms with Crippen LogP contribution in [-0.2, 0) is 21.1 Å². The molecule has 0 spiro atoms. The summed E-state index contributed by atoms with van der Waals surface area (Å²) in [5, 5.41) is 0. The molecule has 0 fully saturated rings. The van der Waals surface area contributed by atoms with Crippen molar-refractivity contribution in [3.63, 3.8) is 0 Å². The first kappa shape index (κ1) is 7.77. The molecule has 0 bridgehead atoms. The van der Waals surface area contributed by atoms with Crippen LogP contribution in [0.4, 0.5) is 0 Å². The van der Waals surface area contributed by atoms with Gasteiger partial charge in [-0.05, 0) is 13.0 Å². The van der Waals surface area contributed by atoms with E-state index in [1.807, 2.05) is 13.0 Å². The summed E-state index contributed by atoms with van der Waals surface area (Å²) in [4.78, 5) is 7.60. The molecule has 1 aromatic heterocycles. The van der Waals surface area contributed by atoms with Gasteiger partial charge in [-0.3, -0.25) is 0 Å². The molecule has 0 amide bonds. The molecule has 2 nitrogen and oxygen atoms in total. The number of aryl methyl sites for hydroxylation is 1. The molecule has 8 heavy (non-hydrogen) atoms. The van der Waals surface area contributed by atoms with Crippen LogP contribution in [0.25, 0.3) is 0 Å². The summed E-state index contributed by atoms with van der Waals surface area (Å²) in [5.41, 5.74) is 1.01. The smallest absolute Gasteiger partial charge is 0.115 e. The Bertz CT molecular complexity index is 140. The van der Waals surface area contributed by atoms with Gasteiger partial charge in [-0.25, -0.2) is 9.97 Å². The van der Waals surface area contributed by atoms with E-state index in [0.717, 1.165) is 5.69 Å². The summed E-state index contributed by atoms with van der Waals surface area (Å²) in [5.74, 6) is 0. The second kappa shape index (κ2) is 3.73. The Hall–Kier alpha value is -0.232. The van der Waals surface area contributed by atoms with Crippen LogP contribution in [0, 0.1) is 6.92 Å². The van der Waals surface area contributed by atoms with Gasteiger partial charge in [-0.2, -0.15) is 0 Å². The van der Waals surface area contributed by atoms with Crippen molar-refractivity contribution in [3.05, 3.63) is 24.3 Å². The molecule has 0 atom stereocenters. The van der Waals surface area contributed by atoms with Gasteiger partial charge in [0, 0.05) is 33.0 Å². The van der Waals surface area contributed by atoms with E-state index in [4.69, 9.17) is 0 Å². The van der Waals surface area contributed by atoms with Gasteiger partial charge in [0.1, 0.15) is 6.33 Å². The van der Waals surface area contributed by atoms with E-state index in [1.165, 1.54) is 6.33 Å². The number of aromatic nitrogens is 2. The molecule has 0 saturated heterocycles. The van der Waals surface area contributed by atoms with Crippen molar-refractivity contribution in [1.29, 1.82) is 0 Å². The van der Waals surface area contributed by atoms with Crippen LogP contribution in [0.5, 0.6) is 0 Å². The zero-order chi connectivity index (χ0) is 5.11. The molecule has 0 N–H and O–H groups in total. The van der Waals surface area contributed by atoms with Crippen LogP contribution in [0.1, 0.15) is 5.69 Å². The Labute approximate surface area is 62.6 Å². The van der Waals surface area contributed by atoms with Gasteiger partial charge in [0.15, 0.2) is 0 Å². The first-order chi connectivity index (χ1) is 3.39. The molecular formula is C5H6N2Pt. The van der Waals surface area contributed by atoms with E-state index < -0.39 is 0 Å². The molecule has 0 aliphatic rings. The Morgan fingerprint density at radius 1 is 1.50 bits per heavy atom. The quantitative estimate of drug-likeness (QED) is 0.705. The summed E-state index contributed by atoms with van der Waals surface area (Å²) in [6.07, 6.45) is 3.26. The summed E-state index contributed by atoms with van der Waals surface area (Å²) < 4.78 is 0. The average molecular weight is 289 g/mol. The van der Waals surface area contributed by atoms with Crippen LogP contribution < -0.4 is 0 Å². The van der Waals surface area contributed by atoms with Crippen molar-refractivity contribution in [3.8, 4) is 0 Å². The van der Waals surface area contributed by atoms with Gasteiger partial charge in [0.2, 0.25) is 0 Å². The van der Waals surface area contributed by atoms with Gasteiger partial charge in [0.25, 0.3) is 0 Å². The summed E-state index contributed by atoms with van der Waals surface area (Å²) in [6, 6.07) is 1.86. The molecule has 46 valence electrons. The molecule has 1 rings (SSSR count). The molecular weight excluding hydrogens is 283 g/mol. The first-order valence-electron chi connectivity index (χ1n) is 2.12. The van der Waals surface area contributed by atoms with Crippen molar-refractivity contribution in [1.82, 2.24) is 9.97 Å². The fraction of sp³-hybridized carbons (Fsp3) is 0.200. The van der Waals surface area contributed by atoms with Crippen molar-refractivity contribution < 1.29 is 21.1 Å². The third-order valence-electron chi connectivity index (χ3n) is 0.730. The Balaban J connectivity index is 0.000000490. The Morgan fingerprint density at radius 2 is 2.25 bits per heavy atom. The van der Waals surface area contributed by atoms with E-state index in [0.29, 0.717) is 0 Å². The minimum absolute atomic E-state index is 0. The molecule has 0 aromatic carbocycles. The van der Waals surface area contributed by atoms with Crippen LogP contribution >= 0.6 is 0 Å². The van der Waals surface area contributed by atoms with Crippen molar-refractivity contribution in [2.24, 2.45) is 0 Å². The van der Waals surface area contributed by atoms with Gasteiger partial charge < -0.3 is 0 Å². The number of nitrogens with zero attached hydrogens (tertiary/aromatic N) is 2. The third-order valence-corrected chi connectivity index (χ3v) is 0.730. The maximum absolute atomic E-state index is 3.87. The zero-order valence-corrected chi connectivity index (χ0v) is 6.71. The number of rotatable bonds is 0. The predicted octanol–water partition coefficient (Wildman–Crippen LogP) is 0.783. The third kappa shape index (κ3) is 2.17.